The van der Waals surface area contributed by atoms with Gasteiger partial charge in [0.1, 0.15) is 0 Å². The largest absolute Gasteiger partial charge is 0.206 e. The summed E-state index contributed by atoms with van der Waals surface area (Å²) in [6, 6.07) is 7.85. The lowest BCUT2D eigenvalue weighted by Gasteiger charge is -1.96. The molecule has 0 N–H and O–H groups in total. The second kappa shape index (κ2) is 3.11. The first-order chi connectivity index (χ1) is 6.40. The van der Waals surface area contributed by atoms with E-state index >= 15 is 0 Å². The Morgan fingerprint density at radius 2 is 2.00 bits per heavy atom. The third-order valence-electron chi connectivity index (χ3n) is 1.81. The minimum absolute atomic E-state index is 1.02. The van der Waals surface area contributed by atoms with Crippen LogP contribution in [0.1, 0.15) is 11.1 Å². The average molecular weight is 169 g/mol. The maximum atomic E-state index is 8.61. The van der Waals surface area contributed by atoms with Crippen LogP contribution in [0.2, 0.25) is 0 Å². The van der Waals surface area contributed by atoms with Gasteiger partial charge in [0.15, 0.2) is 0 Å². The number of nitriles is 1. The standard InChI is InChI=1S/C10H7N3/c11-8-13-6-5-9-3-1-2-4-10(9)7-12-13/h1-7H. The van der Waals surface area contributed by atoms with Crippen molar-refractivity contribution < 1.29 is 0 Å². The molecule has 0 fully saturated rings. The van der Waals surface area contributed by atoms with Gasteiger partial charge in [-0.2, -0.15) is 15.4 Å². The van der Waals surface area contributed by atoms with Crippen LogP contribution in [0.5, 0.6) is 0 Å². The molecule has 0 saturated carbocycles. The van der Waals surface area contributed by atoms with Gasteiger partial charge in [-0.1, -0.05) is 24.3 Å². The highest BCUT2D eigenvalue weighted by Crippen LogP contribution is 2.11. The molecule has 0 atom stereocenters. The van der Waals surface area contributed by atoms with E-state index in [1.807, 2.05) is 36.5 Å². The average Bonchev–Trinajstić information content (AvgIpc) is 2.39. The van der Waals surface area contributed by atoms with Gasteiger partial charge in [-0.3, -0.25) is 0 Å². The van der Waals surface area contributed by atoms with Gasteiger partial charge in [-0.05, 0) is 11.6 Å². The van der Waals surface area contributed by atoms with Gasteiger partial charge in [0.2, 0.25) is 6.19 Å². The SMILES string of the molecule is N#CN1C=Cc2ccccc2C=N1. The molecule has 0 amide bonds. The Kier molecular flexibility index (Phi) is 1.81. The van der Waals surface area contributed by atoms with Crippen LogP contribution >= 0.6 is 0 Å². The van der Waals surface area contributed by atoms with Crippen LogP contribution < -0.4 is 0 Å². The van der Waals surface area contributed by atoms with E-state index in [4.69, 9.17) is 5.26 Å². The van der Waals surface area contributed by atoms with Crippen LogP contribution in [0.4, 0.5) is 0 Å². The number of hydrazone groups is 1. The molecule has 0 unspecified atom stereocenters. The van der Waals surface area contributed by atoms with E-state index in [9.17, 15) is 0 Å². The molecule has 13 heavy (non-hydrogen) atoms. The fourth-order valence-corrected chi connectivity index (χ4v) is 1.15. The van der Waals surface area contributed by atoms with Gasteiger partial charge in [0.25, 0.3) is 0 Å². The second-order valence-corrected chi connectivity index (χ2v) is 2.63. The number of hydrogen-bond acceptors (Lipinski definition) is 3. The van der Waals surface area contributed by atoms with E-state index in [2.05, 4.69) is 5.10 Å². The lowest BCUT2D eigenvalue weighted by Crippen LogP contribution is -1.98. The number of benzene rings is 1. The highest BCUT2D eigenvalue weighted by atomic mass is 15.4. The van der Waals surface area contributed by atoms with E-state index in [1.54, 1.807) is 12.4 Å². The van der Waals surface area contributed by atoms with Crippen molar-refractivity contribution >= 4 is 12.3 Å². The van der Waals surface area contributed by atoms with Gasteiger partial charge >= 0.3 is 0 Å². The molecule has 1 aliphatic heterocycles. The molecule has 3 nitrogen and oxygen atoms in total. The fourth-order valence-electron chi connectivity index (χ4n) is 1.15. The van der Waals surface area contributed by atoms with E-state index in [1.165, 1.54) is 5.01 Å². The van der Waals surface area contributed by atoms with Crippen molar-refractivity contribution in [2.45, 2.75) is 0 Å². The highest BCUT2D eigenvalue weighted by molar-refractivity contribution is 5.86. The first-order valence-electron chi connectivity index (χ1n) is 3.90. The van der Waals surface area contributed by atoms with Gasteiger partial charge < -0.3 is 0 Å². The maximum absolute atomic E-state index is 8.61. The maximum Gasteiger partial charge on any atom is 0.206 e. The molecule has 1 heterocycles. The third kappa shape index (κ3) is 1.42. The molecule has 62 valence electrons. The summed E-state index contributed by atoms with van der Waals surface area (Å²) in [5.41, 5.74) is 2.10. The lowest BCUT2D eigenvalue weighted by atomic mass is 10.1. The minimum atomic E-state index is 1.02. The summed E-state index contributed by atoms with van der Waals surface area (Å²) in [5.74, 6) is 0. The normalized spacial score (nSPS) is 13.3. The Bertz CT molecular complexity index is 379. The van der Waals surface area contributed by atoms with Crippen molar-refractivity contribution in [3.05, 3.63) is 41.6 Å². The van der Waals surface area contributed by atoms with Crippen LogP contribution in [0.25, 0.3) is 6.08 Å². The first kappa shape index (κ1) is 7.56. The van der Waals surface area contributed by atoms with E-state index in [-0.39, 0.29) is 0 Å². The number of fused-ring (bicyclic) bond motifs is 1. The lowest BCUT2D eigenvalue weighted by molar-refractivity contribution is 0.574. The van der Waals surface area contributed by atoms with Crippen molar-refractivity contribution in [2.75, 3.05) is 0 Å². The van der Waals surface area contributed by atoms with Crippen LogP contribution in [0.3, 0.4) is 0 Å². The molecule has 0 aromatic heterocycles. The Morgan fingerprint density at radius 3 is 2.77 bits per heavy atom. The Hall–Kier alpha value is -2.08. The topological polar surface area (TPSA) is 39.4 Å². The van der Waals surface area contributed by atoms with Crippen LogP contribution in [-0.4, -0.2) is 11.2 Å². The van der Waals surface area contributed by atoms with E-state index < -0.39 is 0 Å². The molecule has 0 spiro atoms. The van der Waals surface area contributed by atoms with Crippen molar-refractivity contribution in [1.29, 1.82) is 5.26 Å². The molecule has 0 radical (unpaired) electrons. The Labute approximate surface area is 76.2 Å². The monoisotopic (exact) mass is 169 g/mol. The Balaban J connectivity index is 2.48. The van der Waals surface area contributed by atoms with Crippen LogP contribution in [0, 0.1) is 11.5 Å². The molecular formula is C10H7N3. The predicted octanol–water partition coefficient (Wildman–Crippen LogP) is 1.79. The molecular weight excluding hydrogens is 162 g/mol. The summed E-state index contributed by atoms with van der Waals surface area (Å²) < 4.78 is 0. The number of rotatable bonds is 0. The van der Waals surface area contributed by atoms with Crippen LogP contribution in [0.15, 0.2) is 35.6 Å². The van der Waals surface area contributed by atoms with Gasteiger partial charge in [-0.25, -0.2) is 0 Å². The third-order valence-corrected chi connectivity index (χ3v) is 1.81. The minimum Gasteiger partial charge on any atom is -0.175 e. The van der Waals surface area contributed by atoms with Crippen molar-refractivity contribution in [3.63, 3.8) is 0 Å². The molecule has 1 aliphatic rings. The molecule has 2 rings (SSSR count). The first-order valence-corrected chi connectivity index (χ1v) is 3.90. The summed E-state index contributed by atoms with van der Waals surface area (Å²) in [6.45, 7) is 0. The van der Waals surface area contributed by atoms with E-state index in [0.29, 0.717) is 0 Å². The summed E-state index contributed by atoms with van der Waals surface area (Å²) in [5, 5.41) is 13.8. The number of hydrogen-bond donors (Lipinski definition) is 0. The molecule has 0 bridgehead atoms. The zero-order valence-electron chi connectivity index (χ0n) is 6.88. The molecule has 1 aromatic rings. The van der Waals surface area contributed by atoms with Gasteiger partial charge in [-0.15, -0.1) is 0 Å². The van der Waals surface area contributed by atoms with Gasteiger partial charge in [0.05, 0.1) is 6.21 Å². The molecule has 0 saturated heterocycles. The quantitative estimate of drug-likeness (QED) is 0.555. The van der Waals surface area contributed by atoms with Crippen LogP contribution in [-0.2, 0) is 0 Å². The predicted molar refractivity (Wildman–Crippen MR) is 50.5 cm³/mol. The zero-order valence-corrected chi connectivity index (χ0v) is 6.88. The molecule has 1 aromatic carbocycles. The van der Waals surface area contributed by atoms with Gasteiger partial charge in [0, 0.05) is 11.8 Å². The summed E-state index contributed by atoms with van der Waals surface area (Å²) in [7, 11) is 0. The van der Waals surface area contributed by atoms with E-state index in [0.717, 1.165) is 11.1 Å². The van der Waals surface area contributed by atoms with Crippen molar-refractivity contribution in [3.8, 4) is 6.19 Å². The summed E-state index contributed by atoms with van der Waals surface area (Å²) in [6.07, 6.45) is 7.11. The fraction of sp³-hybridized carbons (Fsp3) is 0. The second-order valence-electron chi connectivity index (χ2n) is 2.63. The zero-order chi connectivity index (χ0) is 9.10. The van der Waals surface area contributed by atoms with Crippen molar-refractivity contribution in [2.24, 2.45) is 5.10 Å². The molecule has 0 aliphatic carbocycles. The summed E-state index contributed by atoms with van der Waals surface area (Å²) >= 11 is 0. The summed E-state index contributed by atoms with van der Waals surface area (Å²) in [4.78, 5) is 0. The highest BCUT2D eigenvalue weighted by Gasteiger charge is 2.00. The van der Waals surface area contributed by atoms with Crippen molar-refractivity contribution in [1.82, 2.24) is 5.01 Å². The number of nitrogens with zero attached hydrogens (tertiary/aromatic N) is 3. The Morgan fingerprint density at radius 1 is 1.23 bits per heavy atom. The molecule has 3 heteroatoms. The smallest absolute Gasteiger partial charge is 0.175 e.